The van der Waals surface area contributed by atoms with Gasteiger partial charge in [0.25, 0.3) is 0 Å². The SMILES string of the molecule is CNC(COCCC(=O)CCCCCC(=O)CCCCOC1OC(CO)C(O)C(O)C1C)(COCCC(=O)CCCCCC(=O)CCCCOC1OC(CO)C(O)C(O)C1C)COCCC(=O)NCCCNC(=O)CCCCOC1OC(CO)C(O)C(O)C1C. The summed E-state index contributed by atoms with van der Waals surface area (Å²) in [6.45, 7) is 5.90. The Kier molecular flexibility index (Phi) is 42.2. The third-order valence-electron chi connectivity index (χ3n) is 16.9. The van der Waals surface area contributed by atoms with Crippen molar-refractivity contribution in [1.82, 2.24) is 16.0 Å². The first-order valence-electron chi connectivity index (χ1n) is 33.0. The van der Waals surface area contributed by atoms with Gasteiger partial charge in [0.05, 0.1) is 83.3 Å². The molecule has 3 rings (SSSR count). The summed E-state index contributed by atoms with van der Waals surface area (Å²) in [7, 11) is 1.72. The average Bonchev–Trinajstić information content (AvgIpc) is 2.36. The van der Waals surface area contributed by atoms with Crippen molar-refractivity contribution < 1.29 is 117 Å². The van der Waals surface area contributed by atoms with Crippen LogP contribution >= 0.6 is 0 Å². The number of likely N-dealkylation sites (N-methyl/N-ethyl adjacent to an activating group) is 1. The first-order chi connectivity index (χ1) is 43.2. The standard InChI is InChI=1S/C63H113N3O24/c1-42-54(76)57(79)49(36-67)88-60(42)85-30-14-11-22-45(70)18-7-5-9-20-47(72)25-33-82-39-63(64-4,40-83-34-26-48(73)21-10-6-8-19-46(71)23-12-15-31-86-61-43(2)55(77)58(80)50(37-68)89-61)41-84-35-27-53(75)66-29-17-28-65-52(74)24-13-16-32-87-62-44(3)56(78)59(81)51(38-69)90-62/h42-44,49-51,54-62,64,67-69,76-81H,5-41H2,1-4H3,(H,65,74)(H,66,75). The van der Waals surface area contributed by atoms with Crippen LogP contribution in [0.3, 0.4) is 0 Å². The molecule has 15 atom stereocenters. The van der Waals surface area contributed by atoms with Gasteiger partial charge in [-0.25, -0.2) is 0 Å². The van der Waals surface area contributed by atoms with Gasteiger partial charge in [0.1, 0.15) is 59.8 Å². The molecule has 15 unspecified atom stereocenters. The molecule has 3 saturated heterocycles. The highest BCUT2D eigenvalue weighted by atomic mass is 16.7. The van der Waals surface area contributed by atoms with Crippen LogP contribution in [-0.2, 0) is 71.4 Å². The zero-order valence-corrected chi connectivity index (χ0v) is 54.0. The maximum atomic E-state index is 12.8. The Morgan fingerprint density at radius 2 is 0.656 bits per heavy atom. The minimum Gasteiger partial charge on any atom is -0.394 e. The van der Waals surface area contributed by atoms with Gasteiger partial charge in [0, 0.05) is 115 Å². The molecule has 0 bridgehead atoms. The van der Waals surface area contributed by atoms with Crippen LogP contribution in [0.15, 0.2) is 0 Å². The number of ether oxygens (including phenoxy) is 9. The molecule has 0 aromatic rings. The van der Waals surface area contributed by atoms with E-state index in [4.69, 9.17) is 42.6 Å². The van der Waals surface area contributed by atoms with E-state index >= 15 is 0 Å². The molecule has 90 heavy (non-hydrogen) atoms. The van der Waals surface area contributed by atoms with Gasteiger partial charge in [0.2, 0.25) is 11.8 Å². The van der Waals surface area contributed by atoms with E-state index in [0.29, 0.717) is 135 Å². The first-order valence-corrected chi connectivity index (χ1v) is 33.0. The molecule has 524 valence electrons. The number of rotatable bonds is 53. The molecule has 3 aliphatic rings. The Hall–Kier alpha value is -3.14. The Balaban J connectivity index is 1.32. The molecule has 12 N–H and O–H groups in total. The summed E-state index contributed by atoms with van der Waals surface area (Å²) in [5.74, 6) is -1.56. The number of hydrogen-bond acceptors (Lipinski definition) is 25. The Labute approximate surface area is 531 Å². The van der Waals surface area contributed by atoms with Crippen molar-refractivity contribution in [1.29, 1.82) is 0 Å². The maximum Gasteiger partial charge on any atom is 0.222 e. The molecule has 0 radical (unpaired) electrons. The normalized spacial score (nSPS) is 27.7. The fourth-order valence-electron chi connectivity index (χ4n) is 10.6. The van der Waals surface area contributed by atoms with Crippen LogP contribution in [-0.4, -0.2) is 260 Å². The van der Waals surface area contributed by atoms with E-state index in [0.717, 1.165) is 12.8 Å². The van der Waals surface area contributed by atoms with E-state index in [1.54, 1.807) is 27.8 Å². The number of amides is 2. The van der Waals surface area contributed by atoms with Crippen LogP contribution in [0.4, 0.5) is 0 Å². The zero-order valence-electron chi connectivity index (χ0n) is 54.0. The highest BCUT2D eigenvalue weighted by Crippen LogP contribution is 2.30. The molecule has 27 nitrogen and oxygen atoms in total. The van der Waals surface area contributed by atoms with Crippen LogP contribution in [0, 0.1) is 17.8 Å². The lowest BCUT2D eigenvalue weighted by molar-refractivity contribution is -0.282. The lowest BCUT2D eigenvalue weighted by atomic mass is 9.92. The van der Waals surface area contributed by atoms with Crippen molar-refractivity contribution in [2.24, 2.45) is 17.8 Å². The summed E-state index contributed by atoms with van der Waals surface area (Å²) < 4.78 is 51.9. The van der Waals surface area contributed by atoms with E-state index in [1.165, 1.54) is 0 Å². The number of carbonyl (C=O) groups excluding carboxylic acids is 6. The number of Topliss-reactive ketones (excluding diaryl/α,β-unsaturated/α-hetero) is 4. The number of aliphatic hydroxyl groups is 9. The molecule has 3 heterocycles. The van der Waals surface area contributed by atoms with Crippen molar-refractivity contribution in [3.05, 3.63) is 0 Å². The van der Waals surface area contributed by atoms with Crippen molar-refractivity contribution in [3.8, 4) is 0 Å². The van der Waals surface area contributed by atoms with Crippen LogP contribution in [0.1, 0.15) is 168 Å². The molecular formula is C63H113N3O24. The Bertz CT molecular complexity index is 1780. The van der Waals surface area contributed by atoms with Crippen LogP contribution < -0.4 is 16.0 Å². The number of hydrogen-bond donors (Lipinski definition) is 12. The van der Waals surface area contributed by atoms with E-state index in [1.807, 2.05) is 0 Å². The highest BCUT2D eigenvalue weighted by molar-refractivity contribution is 5.80. The average molecular weight is 1300 g/mol. The number of carbonyl (C=O) groups is 6. The number of ketones is 4. The van der Waals surface area contributed by atoms with Crippen molar-refractivity contribution in [3.63, 3.8) is 0 Å². The number of aliphatic hydroxyl groups excluding tert-OH is 9. The summed E-state index contributed by atoms with van der Waals surface area (Å²) >= 11 is 0. The second-order valence-electron chi connectivity index (χ2n) is 24.4. The quantitative estimate of drug-likeness (QED) is 0.0374. The predicted molar refractivity (Wildman–Crippen MR) is 325 cm³/mol. The van der Waals surface area contributed by atoms with Gasteiger partial charge in [-0.05, 0) is 77.7 Å². The molecule has 2 amide bonds. The van der Waals surface area contributed by atoms with E-state index < -0.39 is 117 Å². The highest BCUT2D eigenvalue weighted by Gasteiger charge is 2.45. The lowest BCUT2D eigenvalue weighted by Gasteiger charge is -2.40. The van der Waals surface area contributed by atoms with Crippen LogP contribution in [0.25, 0.3) is 0 Å². The minimum absolute atomic E-state index is 0.0252. The van der Waals surface area contributed by atoms with E-state index in [9.17, 15) is 74.7 Å². The Morgan fingerprint density at radius 1 is 0.367 bits per heavy atom. The molecular weight excluding hydrogens is 1180 g/mol. The van der Waals surface area contributed by atoms with Gasteiger partial charge in [-0.2, -0.15) is 0 Å². The molecule has 0 aromatic carbocycles. The van der Waals surface area contributed by atoms with Gasteiger partial charge < -0.3 is 105 Å². The van der Waals surface area contributed by atoms with Gasteiger partial charge in [0.15, 0.2) is 18.9 Å². The number of nitrogens with one attached hydrogen (secondary N) is 3. The van der Waals surface area contributed by atoms with Crippen LogP contribution in [0.5, 0.6) is 0 Å². The molecule has 0 spiro atoms. The van der Waals surface area contributed by atoms with Gasteiger partial charge in [-0.15, -0.1) is 0 Å². The Morgan fingerprint density at radius 3 is 0.978 bits per heavy atom. The smallest absolute Gasteiger partial charge is 0.222 e. The van der Waals surface area contributed by atoms with E-state index in [-0.39, 0.29) is 107 Å². The summed E-state index contributed by atoms with van der Waals surface area (Å²) in [5, 5.41) is 97.9. The predicted octanol–water partition coefficient (Wildman–Crippen LogP) is 0.751. The van der Waals surface area contributed by atoms with Crippen molar-refractivity contribution in [2.45, 2.75) is 248 Å². The monoisotopic (exact) mass is 1300 g/mol. The van der Waals surface area contributed by atoms with Gasteiger partial charge >= 0.3 is 0 Å². The molecule has 0 saturated carbocycles. The number of unbranched alkanes of at least 4 members (excludes halogenated alkanes) is 7. The summed E-state index contributed by atoms with van der Waals surface area (Å²) in [6.07, 6.45) is -0.968. The maximum absolute atomic E-state index is 12.8. The summed E-state index contributed by atoms with van der Waals surface area (Å²) in [5.41, 5.74) is -0.895. The third-order valence-corrected chi connectivity index (χ3v) is 16.9. The van der Waals surface area contributed by atoms with Gasteiger partial charge in [-0.1, -0.05) is 33.6 Å². The molecule has 3 aliphatic heterocycles. The minimum atomic E-state index is -1.21. The fourth-order valence-corrected chi connectivity index (χ4v) is 10.6. The summed E-state index contributed by atoms with van der Waals surface area (Å²) in [4.78, 5) is 75.7. The fraction of sp³-hybridized carbons (Fsp3) is 0.905. The second-order valence-corrected chi connectivity index (χ2v) is 24.4. The lowest BCUT2D eigenvalue weighted by Crippen LogP contribution is -2.55. The third kappa shape index (κ3) is 31.4. The topological polar surface area (TPSA) is 404 Å². The van der Waals surface area contributed by atoms with Crippen LogP contribution in [0.2, 0.25) is 0 Å². The second kappa shape index (κ2) is 46.9. The van der Waals surface area contributed by atoms with E-state index in [2.05, 4.69) is 16.0 Å². The van der Waals surface area contributed by atoms with Gasteiger partial charge in [-0.3, -0.25) is 28.8 Å². The first kappa shape index (κ1) is 81.1. The molecule has 0 aromatic heterocycles. The summed E-state index contributed by atoms with van der Waals surface area (Å²) in [6, 6.07) is 0. The molecule has 27 heteroatoms. The van der Waals surface area contributed by atoms with Crippen molar-refractivity contribution in [2.75, 3.05) is 99.4 Å². The molecule has 0 aliphatic carbocycles. The van der Waals surface area contributed by atoms with Crippen molar-refractivity contribution >= 4 is 34.9 Å². The molecule has 3 fully saturated rings. The largest absolute Gasteiger partial charge is 0.394 e. The zero-order chi connectivity index (χ0) is 66.3.